The molecule has 0 spiro atoms. The van der Waals surface area contributed by atoms with Crippen LogP contribution in [-0.4, -0.2) is 0 Å². The Kier molecular flexibility index (Phi) is 5.10. The van der Waals surface area contributed by atoms with Crippen molar-refractivity contribution < 1.29 is 0 Å². The largest absolute Gasteiger partial charge is 0.332 e. The van der Waals surface area contributed by atoms with E-state index in [0.29, 0.717) is 5.92 Å². The second-order valence-corrected chi connectivity index (χ2v) is 8.94. The fraction of sp³-hybridized carbons (Fsp3) is 0.143. The van der Waals surface area contributed by atoms with E-state index < -0.39 is 0 Å². The molecule has 0 amide bonds. The van der Waals surface area contributed by atoms with E-state index in [-0.39, 0.29) is 6.04 Å². The minimum Gasteiger partial charge on any atom is -0.332 e. The predicted molar refractivity (Wildman–Crippen MR) is 128 cm³/mol. The van der Waals surface area contributed by atoms with Crippen molar-refractivity contribution >= 4 is 23.1 Å². The molecule has 0 aliphatic carbocycles. The quantitative estimate of drug-likeness (QED) is 0.335. The zero-order valence-electron chi connectivity index (χ0n) is 17.3. The zero-order valence-corrected chi connectivity index (χ0v) is 18.1. The average Bonchev–Trinajstić information content (AvgIpc) is 2.82. The van der Waals surface area contributed by atoms with Crippen LogP contribution in [-0.2, 0) is 0 Å². The molecule has 0 saturated carbocycles. The number of nitrogens with zero attached hydrogens (tertiary/aromatic N) is 1. The van der Waals surface area contributed by atoms with Gasteiger partial charge in [0.05, 0.1) is 17.4 Å². The van der Waals surface area contributed by atoms with Gasteiger partial charge in [-0.15, -0.1) is 0 Å². The van der Waals surface area contributed by atoms with Gasteiger partial charge in [0, 0.05) is 15.7 Å². The molecule has 4 aromatic rings. The molecule has 2 atom stereocenters. The van der Waals surface area contributed by atoms with E-state index in [9.17, 15) is 0 Å². The maximum atomic E-state index is 2.55. The number of hydrogen-bond acceptors (Lipinski definition) is 2. The molecule has 148 valence electrons. The second kappa shape index (κ2) is 8.04. The van der Waals surface area contributed by atoms with Crippen molar-refractivity contribution in [2.24, 2.45) is 0 Å². The Morgan fingerprint density at radius 1 is 0.600 bits per heavy atom. The number of anilines is 2. The molecule has 4 aromatic carbocycles. The van der Waals surface area contributed by atoms with Gasteiger partial charge in [0.1, 0.15) is 0 Å². The SMILES string of the molecule is CC(c1ccccc1)c1cccc2c1N(C(C)c1ccccc1)c1ccccc1S2. The van der Waals surface area contributed by atoms with Crippen LogP contribution in [0.4, 0.5) is 11.4 Å². The monoisotopic (exact) mass is 407 g/mol. The molecule has 0 fully saturated rings. The lowest BCUT2D eigenvalue weighted by Gasteiger charge is -2.39. The van der Waals surface area contributed by atoms with Crippen LogP contribution in [0.5, 0.6) is 0 Å². The van der Waals surface area contributed by atoms with Crippen LogP contribution < -0.4 is 4.90 Å². The van der Waals surface area contributed by atoms with Crippen LogP contribution in [0, 0.1) is 0 Å². The average molecular weight is 408 g/mol. The fourth-order valence-corrected chi connectivity index (χ4v) is 5.53. The number of hydrogen-bond donors (Lipinski definition) is 0. The lowest BCUT2D eigenvalue weighted by Crippen LogP contribution is -2.26. The maximum absolute atomic E-state index is 2.55. The summed E-state index contributed by atoms with van der Waals surface area (Å²) in [5.41, 5.74) is 6.69. The Balaban J connectivity index is 1.70. The van der Waals surface area contributed by atoms with Crippen LogP contribution in [0.2, 0.25) is 0 Å². The third-order valence-corrected chi connectivity index (χ3v) is 7.17. The van der Waals surface area contributed by atoms with Gasteiger partial charge in [-0.3, -0.25) is 0 Å². The normalized spacial score (nSPS) is 14.5. The summed E-state index contributed by atoms with van der Waals surface area (Å²) in [6, 6.07) is 37.4. The van der Waals surface area contributed by atoms with Gasteiger partial charge in [0.2, 0.25) is 0 Å². The van der Waals surface area contributed by atoms with Gasteiger partial charge in [0.15, 0.2) is 0 Å². The summed E-state index contributed by atoms with van der Waals surface area (Å²) in [5.74, 6) is 0.317. The summed E-state index contributed by atoms with van der Waals surface area (Å²) < 4.78 is 0. The van der Waals surface area contributed by atoms with Gasteiger partial charge in [0.25, 0.3) is 0 Å². The van der Waals surface area contributed by atoms with E-state index in [1.807, 2.05) is 11.8 Å². The van der Waals surface area contributed by atoms with Crippen molar-refractivity contribution in [2.75, 3.05) is 4.90 Å². The molecule has 1 aliphatic rings. The first-order valence-electron chi connectivity index (χ1n) is 10.5. The summed E-state index contributed by atoms with van der Waals surface area (Å²) in [6.45, 7) is 4.64. The van der Waals surface area contributed by atoms with E-state index in [0.717, 1.165) is 0 Å². The Morgan fingerprint density at radius 3 is 1.93 bits per heavy atom. The van der Waals surface area contributed by atoms with Gasteiger partial charge in [-0.2, -0.15) is 0 Å². The lowest BCUT2D eigenvalue weighted by molar-refractivity contribution is 0.747. The summed E-state index contributed by atoms with van der Waals surface area (Å²) in [6.07, 6.45) is 0. The summed E-state index contributed by atoms with van der Waals surface area (Å²) in [5, 5.41) is 0. The first-order chi connectivity index (χ1) is 14.7. The van der Waals surface area contributed by atoms with Crippen molar-refractivity contribution in [1.82, 2.24) is 0 Å². The van der Waals surface area contributed by atoms with Crippen LogP contribution in [0.25, 0.3) is 0 Å². The Hall–Kier alpha value is -2.97. The van der Waals surface area contributed by atoms with E-state index in [1.165, 1.54) is 37.9 Å². The smallest absolute Gasteiger partial charge is 0.0597 e. The van der Waals surface area contributed by atoms with Crippen LogP contribution in [0.3, 0.4) is 0 Å². The first-order valence-corrected chi connectivity index (χ1v) is 11.3. The maximum Gasteiger partial charge on any atom is 0.0597 e. The standard InChI is InChI=1S/C28H25NS/c1-20(22-12-5-3-6-13-22)24-16-11-19-27-28(24)29(21(2)23-14-7-4-8-15-23)25-17-9-10-18-26(25)30-27/h3-21H,1-2H3. The van der Waals surface area contributed by atoms with Crippen molar-refractivity contribution in [3.05, 3.63) is 120 Å². The van der Waals surface area contributed by atoms with Crippen molar-refractivity contribution in [3.63, 3.8) is 0 Å². The van der Waals surface area contributed by atoms with Gasteiger partial charge in [-0.05, 0) is 41.8 Å². The Morgan fingerprint density at radius 2 is 1.20 bits per heavy atom. The third kappa shape index (κ3) is 3.32. The summed E-state index contributed by atoms with van der Waals surface area (Å²) in [4.78, 5) is 5.19. The molecular weight excluding hydrogens is 382 g/mol. The second-order valence-electron chi connectivity index (χ2n) is 7.85. The summed E-state index contributed by atoms with van der Waals surface area (Å²) in [7, 11) is 0. The number of para-hydroxylation sites is 2. The van der Waals surface area contributed by atoms with E-state index in [4.69, 9.17) is 0 Å². The molecule has 30 heavy (non-hydrogen) atoms. The first kappa shape index (κ1) is 19.0. The molecule has 0 aromatic heterocycles. The predicted octanol–water partition coefficient (Wildman–Crippen LogP) is 8.20. The molecule has 0 bridgehead atoms. The van der Waals surface area contributed by atoms with Crippen LogP contribution >= 0.6 is 11.8 Å². The minimum atomic E-state index is 0.233. The molecule has 0 radical (unpaired) electrons. The van der Waals surface area contributed by atoms with E-state index >= 15 is 0 Å². The van der Waals surface area contributed by atoms with Crippen molar-refractivity contribution in [2.45, 2.75) is 35.6 Å². The molecule has 5 rings (SSSR count). The highest BCUT2D eigenvalue weighted by Crippen LogP contribution is 2.54. The summed E-state index contributed by atoms with van der Waals surface area (Å²) >= 11 is 1.88. The molecule has 2 heteroatoms. The molecule has 0 saturated heterocycles. The lowest BCUT2D eigenvalue weighted by atomic mass is 9.90. The highest BCUT2D eigenvalue weighted by atomic mass is 32.2. The van der Waals surface area contributed by atoms with E-state index in [1.54, 1.807) is 0 Å². The number of rotatable bonds is 4. The Labute approximate surface area is 183 Å². The molecule has 1 heterocycles. The fourth-order valence-electron chi connectivity index (χ4n) is 4.41. The van der Waals surface area contributed by atoms with Crippen LogP contribution in [0.15, 0.2) is 113 Å². The minimum absolute atomic E-state index is 0.233. The molecule has 1 nitrogen and oxygen atoms in total. The third-order valence-electron chi connectivity index (χ3n) is 6.05. The Bertz CT molecular complexity index is 1150. The number of fused-ring (bicyclic) bond motifs is 2. The molecule has 0 N–H and O–H groups in total. The highest BCUT2D eigenvalue weighted by Gasteiger charge is 2.31. The topological polar surface area (TPSA) is 3.24 Å². The van der Waals surface area contributed by atoms with Gasteiger partial charge < -0.3 is 4.90 Å². The van der Waals surface area contributed by atoms with Gasteiger partial charge >= 0.3 is 0 Å². The van der Waals surface area contributed by atoms with E-state index in [2.05, 4.69) is 122 Å². The number of benzene rings is 4. The van der Waals surface area contributed by atoms with Crippen LogP contribution in [0.1, 0.15) is 42.5 Å². The molecule has 1 aliphatic heterocycles. The highest BCUT2D eigenvalue weighted by molar-refractivity contribution is 7.99. The van der Waals surface area contributed by atoms with Gasteiger partial charge in [-0.25, -0.2) is 0 Å². The molecular formula is C28H25NS. The molecule has 2 unspecified atom stereocenters. The van der Waals surface area contributed by atoms with Crippen molar-refractivity contribution in [3.8, 4) is 0 Å². The van der Waals surface area contributed by atoms with Crippen molar-refractivity contribution in [1.29, 1.82) is 0 Å². The zero-order chi connectivity index (χ0) is 20.5. The van der Waals surface area contributed by atoms with Gasteiger partial charge in [-0.1, -0.05) is 104 Å².